The van der Waals surface area contributed by atoms with Crippen LogP contribution in [0.25, 0.3) is 22.3 Å². The Hall–Kier alpha value is -3.54. The Morgan fingerprint density at radius 2 is 1.77 bits per heavy atom. The molecule has 0 aliphatic carbocycles. The summed E-state index contributed by atoms with van der Waals surface area (Å²) < 4.78 is 86.6. The highest BCUT2D eigenvalue weighted by atomic mass is 32.2. The normalized spacial score (nSPS) is 34.9. The number of nitrogens with one attached hydrogen (secondary N) is 1. The van der Waals surface area contributed by atoms with Crippen LogP contribution in [0.1, 0.15) is 18.9 Å². The molecular formula is C19H22FN12O9PS. The van der Waals surface area contributed by atoms with Crippen molar-refractivity contribution < 1.29 is 45.0 Å². The minimum absolute atomic E-state index is 0.0301. The zero-order valence-electron chi connectivity index (χ0n) is 21.5. The first-order chi connectivity index (χ1) is 20.5. The first kappa shape index (κ1) is 28.2. The Labute approximate surface area is 239 Å². The summed E-state index contributed by atoms with van der Waals surface area (Å²) in [6, 6.07) is 0. The van der Waals surface area contributed by atoms with Crippen LogP contribution >= 0.6 is 7.82 Å². The van der Waals surface area contributed by atoms with Crippen molar-refractivity contribution in [2.24, 2.45) is 0 Å². The minimum atomic E-state index is -4.99. The van der Waals surface area contributed by atoms with Gasteiger partial charge in [-0.05, 0) is 0 Å². The first-order valence-corrected chi connectivity index (χ1v) is 15.4. The number of nitrogen functional groups attached to an aromatic ring is 2. The molecule has 0 bridgehead atoms. The fraction of sp³-hybridized carbons (Fsp3) is 0.526. The lowest BCUT2D eigenvalue weighted by Gasteiger charge is -2.25. The molecule has 3 fully saturated rings. The van der Waals surface area contributed by atoms with Crippen molar-refractivity contribution in [2.45, 2.75) is 49.5 Å². The molecule has 0 radical (unpaired) electrons. The van der Waals surface area contributed by atoms with E-state index < -0.39 is 74.3 Å². The topological polar surface area (TPSA) is 282 Å². The van der Waals surface area contributed by atoms with Gasteiger partial charge < -0.3 is 25.8 Å². The molecule has 3 aliphatic heterocycles. The Bertz CT molecular complexity index is 1860. The van der Waals surface area contributed by atoms with Crippen LogP contribution in [-0.4, -0.2) is 102 Å². The number of fused-ring (bicyclic) bond motifs is 4. The summed E-state index contributed by atoms with van der Waals surface area (Å²) in [5, 5.41) is 7.88. The number of nitrogens with two attached hydrogens (primary N) is 2. The lowest BCUT2D eigenvalue weighted by Crippen LogP contribution is -2.43. The molecule has 0 amide bonds. The number of ether oxygens (including phenoxy) is 2. The van der Waals surface area contributed by atoms with Crippen LogP contribution < -0.4 is 16.2 Å². The van der Waals surface area contributed by atoms with Crippen molar-refractivity contribution in [1.29, 1.82) is 0 Å². The van der Waals surface area contributed by atoms with Crippen molar-refractivity contribution in [3.63, 3.8) is 0 Å². The number of alkyl halides is 1. The van der Waals surface area contributed by atoms with E-state index in [2.05, 4.69) is 40.0 Å². The molecule has 0 saturated carbocycles. The van der Waals surface area contributed by atoms with Crippen molar-refractivity contribution in [3.8, 4) is 0 Å². The van der Waals surface area contributed by atoms with Crippen molar-refractivity contribution >= 4 is 52.1 Å². The molecule has 7 heterocycles. The highest BCUT2D eigenvalue weighted by Gasteiger charge is 2.52. The first-order valence-electron chi connectivity index (χ1n) is 12.5. The zero-order chi connectivity index (χ0) is 30.1. The third kappa shape index (κ3) is 5.07. The molecular weight excluding hydrogens is 622 g/mol. The Kier molecular flexibility index (Phi) is 6.75. The predicted octanol–water partition coefficient (Wildman–Crippen LogP) is -1.52. The standard InChI is InChI=1S/C19H22FN12O9PS/c20-11-14-8(39-19(11)31-6-27-12-15(21)23-4-25-17(12)31)2-28-43(35,36)41-7-1-10(38-9(7)3-37-42(33,34)40-14)32-18-13(29-30-32)16(22)24-5-26-18/h4-11,14,19,28H,1-3H2,(H,33,34)(H2,21,23,25)(H2,22,24,26)/t7-,8+,9+,10+,11+,14+,19+/m0/s1. The Balaban J connectivity index is 1.15. The minimum Gasteiger partial charge on any atom is -0.382 e. The van der Waals surface area contributed by atoms with Gasteiger partial charge in [-0.1, -0.05) is 5.21 Å². The van der Waals surface area contributed by atoms with Gasteiger partial charge in [-0.15, -0.1) is 5.10 Å². The van der Waals surface area contributed by atoms with Gasteiger partial charge in [-0.2, -0.15) is 17.8 Å². The third-order valence-electron chi connectivity index (χ3n) is 7.04. The van der Waals surface area contributed by atoms with Gasteiger partial charge in [0.25, 0.3) is 0 Å². The maximum absolute atomic E-state index is 15.8. The number of rotatable bonds is 2. The van der Waals surface area contributed by atoms with E-state index in [0.717, 1.165) is 6.33 Å². The zero-order valence-corrected chi connectivity index (χ0v) is 23.2. The number of halogens is 1. The highest BCUT2D eigenvalue weighted by Crippen LogP contribution is 2.50. The van der Waals surface area contributed by atoms with Gasteiger partial charge in [0.1, 0.15) is 42.6 Å². The molecule has 0 spiro atoms. The van der Waals surface area contributed by atoms with Crippen LogP contribution in [0.5, 0.6) is 0 Å². The van der Waals surface area contributed by atoms with E-state index >= 15 is 4.39 Å². The van der Waals surface area contributed by atoms with E-state index in [1.165, 1.54) is 21.9 Å². The van der Waals surface area contributed by atoms with E-state index in [4.69, 9.17) is 34.2 Å². The van der Waals surface area contributed by atoms with Crippen LogP contribution in [-0.2, 0) is 37.6 Å². The number of anilines is 2. The summed E-state index contributed by atoms with van der Waals surface area (Å²) in [5.74, 6) is 0.0905. The van der Waals surface area contributed by atoms with Gasteiger partial charge in [-0.25, -0.2) is 33.9 Å². The number of hydrogen-bond donors (Lipinski definition) is 4. The molecule has 3 aliphatic rings. The molecule has 0 aromatic carbocycles. The third-order valence-corrected chi connectivity index (χ3v) is 9.05. The molecule has 230 valence electrons. The summed E-state index contributed by atoms with van der Waals surface area (Å²) in [4.78, 5) is 30.4. The summed E-state index contributed by atoms with van der Waals surface area (Å²) in [6.45, 7) is -1.30. The fourth-order valence-electron chi connectivity index (χ4n) is 5.07. The monoisotopic (exact) mass is 644 g/mol. The summed E-state index contributed by atoms with van der Waals surface area (Å²) in [5.41, 5.74) is 12.3. The quantitative estimate of drug-likeness (QED) is 0.180. The van der Waals surface area contributed by atoms with Crippen LogP contribution in [0.4, 0.5) is 16.0 Å². The van der Waals surface area contributed by atoms with Gasteiger partial charge in [0.2, 0.25) is 0 Å². The molecule has 4 aromatic rings. The summed E-state index contributed by atoms with van der Waals surface area (Å²) in [6.07, 6.45) is -6.87. The van der Waals surface area contributed by atoms with Crippen LogP contribution in [0.15, 0.2) is 19.0 Å². The van der Waals surface area contributed by atoms with E-state index in [1.54, 1.807) is 0 Å². The van der Waals surface area contributed by atoms with Crippen LogP contribution in [0, 0.1) is 0 Å². The highest BCUT2D eigenvalue weighted by molar-refractivity contribution is 7.84. The van der Waals surface area contributed by atoms with Gasteiger partial charge in [0, 0.05) is 13.0 Å². The van der Waals surface area contributed by atoms with Gasteiger partial charge in [-0.3, -0.25) is 17.8 Å². The number of imidazole rings is 1. The number of aromatic nitrogens is 9. The molecule has 1 unspecified atom stereocenters. The maximum Gasteiger partial charge on any atom is 0.472 e. The van der Waals surface area contributed by atoms with E-state index in [1.807, 2.05) is 0 Å². The Morgan fingerprint density at radius 3 is 2.56 bits per heavy atom. The van der Waals surface area contributed by atoms with E-state index in [0.29, 0.717) is 0 Å². The molecule has 24 heteroatoms. The van der Waals surface area contributed by atoms with Gasteiger partial charge in [0.05, 0.1) is 12.9 Å². The smallest absolute Gasteiger partial charge is 0.382 e. The molecule has 3 saturated heterocycles. The van der Waals surface area contributed by atoms with Gasteiger partial charge in [0.15, 0.2) is 47.1 Å². The number of phosphoric ester groups is 1. The SMILES string of the molecule is Nc1ncnc2c1ncn2[C@@H]1O[C@@H]2CNS(=O)(=O)O[C@H]3C[C@H](n4nnc5c(N)ncnc54)O[C@@H]3COP(=O)(O)O[C@H]2[C@H]1F. The van der Waals surface area contributed by atoms with Crippen molar-refractivity contribution in [1.82, 2.24) is 49.2 Å². The largest absolute Gasteiger partial charge is 0.472 e. The van der Waals surface area contributed by atoms with E-state index in [9.17, 15) is 17.9 Å². The Morgan fingerprint density at radius 1 is 1.02 bits per heavy atom. The van der Waals surface area contributed by atoms with Crippen molar-refractivity contribution in [3.05, 3.63) is 19.0 Å². The molecule has 21 nitrogen and oxygen atoms in total. The molecule has 6 N–H and O–H groups in total. The van der Waals surface area contributed by atoms with Crippen LogP contribution in [0.3, 0.4) is 0 Å². The molecule has 43 heavy (non-hydrogen) atoms. The average molecular weight is 644 g/mol. The second-order valence-corrected chi connectivity index (χ2v) is 12.5. The molecule has 4 aromatic heterocycles. The van der Waals surface area contributed by atoms with E-state index in [-0.39, 0.29) is 40.4 Å². The molecule has 8 atom stereocenters. The lowest BCUT2D eigenvalue weighted by atomic mass is 10.1. The predicted molar refractivity (Wildman–Crippen MR) is 137 cm³/mol. The van der Waals surface area contributed by atoms with Crippen molar-refractivity contribution in [2.75, 3.05) is 24.6 Å². The molecule has 7 rings (SSSR count). The van der Waals surface area contributed by atoms with Gasteiger partial charge >= 0.3 is 18.1 Å². The van der Waals surface area contributed by atoms with Crippen LogP contribution in [0.2, 0.25) is 0 Å². The summed E-state index contributed by atoms with van der Waals surface area (Å²) >= 11 is 0. The summed E-state index contributed by atoms with van der Waals surface area (Å²) in [7, 11) is -9.51. The second-order valence-electron chi connectivity index (χ2n) is 9.69. The fourth-order valence-corrected chi connectivity index (χ4v) is 6.99. The maximum atomic E-state index is 15.8. The number of hydrogen-bond acceptors (Lipinski definition) is 17. The lowest BCUT2D eigenvalue weighted by molar-refractivity contribution is -0.0504. The number of phosphoric acid groups is 1. The number of nitrogens with zero attached hydrogens (tertiary/aromatic N) is 9. The average Bonchev–Trinajstić information content (AvgIpc) is 3.72. The second kappa shape index (κ2) is 10.3.